The number of nitrogens with one attached hydrogen (secondary N) is 1. The predicted molar refractivity (Wildman–Crippen MR) is 98.1 cm³/mol. The average molecular weight is 337 g/mol. The van der Waals surface area contributed by atoms with Crippen LogP contribution < -0.4 is 10.2 Å². The summed E-state index contributed by atoms with van der Waals surface area (Å²) in [4.78, 5) is 4.64. The van der Waals surface area contributed by atoms with Crippen LogP contribution in [0.2, 0.25) is 0 Å². The first-order valence-corrected chi connectivity index (χ1v) is 9.23. The van der Waals surface area contributed by atoms with Crippen LogP contribution in [0.3, 0.4) is 0 Å². The van der Waals surface area contributed by atoms with Crippen LogP contribution in [-0.2, 0) is 0 Å². The Hall–Kier alpha value is -1.17. The zero-order valence-corrected chi connectivity index (χ0v) is 15.3. The topological polar surface area (TPSA) is 38.7 Å². The van der Waals surface area contributed by atoms with Crippen LogP contribution in [0.15, 0.2) is 18.2 Å². The summed E-state index contributed by atoms with van der Waals surface area (Å²) >= 11 is 0. The van der Waals surface area contributed by atoms with Crippen LogP contribution in [0.25, 0.3) is 0 Å². The van der Waals surface area contributed by atoms with Crippen LogP contribution >= 0.6 is 0 Å². The minimum Gasteiger partial charge on any atom is -0.393 e. The van der Waals surface area contributed by atoms with Crippen molar-refractivity contribution in [3.63, 3.8) is 0 Å². The summed E-state index contributed by atoms with van der Waals surface area (Å²) in [5, 5.41) is 13.2. The standard InChI is InChI=1S/C19H32FN3O/c1-4-22(5-2)13-10-21-15(3)18-14-16(20)6-7-19(18)23-11-8-17(24)9-12-23/h6-7,14-15,17,21,24H,4-5,8-13H2,1-3H3. The molecule has 1 aromatic carbocycles. The van der Waals surface area contributed by atoms with E-state index < -0.39 is 0 Å². The maximum Gasteiger partial charge on any atom is 0.123 e. The van der Waals surface area contributed by atoms with Gasteiger partial charge in [-0.1, -0.05) is 13.8 Å². The number of aliphatic hydroxyl groups excluding tert-OH is 1. The lowest BCUT2D eigenvalue weighted by Crippen LogP contribution is -2.37. The fraction of sp³-hybridized carbons (Fsp3) is 0.684. The van der Waals surface area contributed by atoms with Crippen molar-refractivity contribution in [1.29, 1.82) is 0 Å². The second kappa shape index (κ2) is 9.35. The minimum absolute atomic E-state index is 0.0955. The first kappa shape index (κ1) is 19.2. The van der Waals surface area contributed by atoms with Gasteiger partial charge in [0.2, 0.25) is 0 Å². The molecule has 24 heavy (non-hydrogen) atoms. The minimum atomic E-state index is -0.199. The first-order valence-electron chi connectivity index (χ1n) is 9.23. The molecule has 0 amide bonds. The van der Waals surface area contributed by atoms with Gasteiger partial charge in [0, 0.05) is 37.9 Å². The van der Waals surface area contributed by atoms with Gasteiger partial charge in [-0.3, -0.25) is 0 Å². The van der Waals surface area contributed by atoms with E-state index >= 15 is 0 Å². The number of hydrogen-bond acceptors (Lipinski definition) is 4. The second-order valence-electron chi connectivity index (χ2n) is 6.62. The lowest BCUT2D eigenvalue weighted by Gasteiger charge is -2.34. The highest BCUT2D eigenvalue weighted by molar-refractivity contribution is 5.55. The third kappa shape index (κ3) is 5.16. The van der Waals surface area contributed by atoms with Crippen LogP contribution in [0, 0.1) is 5.82 Å². The van der Waals surface area contributed by atoms with E-state index in [1.807, 2.05) is 6.07 Å². The van der Waals surface area contributed by atoms with Gasteiger partial charge in [-0.25, -0.2) is 4.39 Å². The summed E-state index contributed by atoms with van der Waals surface area (Å²) in [5.74, 6) is -0.191. The maximum absolute atomic E-state index is 13.8. The fourth-order valence-electron chi connectivity index (χ4n) is 3.36. The summed E-state index contributed by atoms with van der Waals surface area (Å²) in [6.45, 7) is 12.1. The van der Waals surface area contributed by atoms with Gasteiger partial charge in [-0.2, -0.15) is 0 Å². The van der Waals surface area contributed by atoms with Crippen LogP contribution in [0.5, 0.6) is 0 Å². The smallest absolute Gasteiger partial charge is 0.123 e. The lowest BCUT2D eigenvalue weighted by atomic mass is 10.0. The van der Waals surface area contributed by atoms with E-state index in [-0.39, 0.29) is 18.0 Å². The Balaban J connectivity index is 2.03. The van der Waals surface area contributed by atoms with Crippen molar-refractivity contribution in [1.82, 2.24) is 10.2 Å². The zero-order chi connectivity index (χ0) is 17.5. The van der Waals surface area contributed by atoms with Crippen molar-refractivity contribution in [3.8, 4) is 0 Å². The normalized spacial score (nSPS) is 17.5. The van der Waals surface area contributed by atoms with E-state index in [0.717, 1.165) is 63.4 Å². The Labute approximate surface area is 145 Å². The monoisotopic (exact) mass is 337 g/mol. The van der Waals surface area contributed by atoms with E-state index in [1.54, 1.807) is 6.07 Å². The molecule has 4 nitrogen and oxygen atoms in total. The molecule has 1 aromatic rings. The van der Waals surface area contributed by atoms with E-state index in [4.69, 9.17) is 0 Å². The van der Waals surface area contributed by atoms with Crippen molar-refractivity contribution in [2.45, 2.75) is 45.8 Å². The molecule has 136 valence electrons. The van der Waals surface area contributed by atoms with Gasteiger partial charge in [0.15, 0.2) is 0 Å². The van der Waals surface area contributed by atoms with Crippen LogP contribution in [0.1, 0.15) is 45.2 Å². The Kier molecular flexibility index (Phi) is 7.46. The summed E-state index contributed by atoms with van der Waals surface area (Å²) in [6, 6.07) is 5.16. The Morgan fingerprint density at radius 3 is 2.58 bits per heavy atom. The summed E-state index contributed by atoms with van der Waals surface area (Å²) < 4.78 is 13.8. The molecular weight excluding hydrogens is 305 g/mol. The molecule has 0 radical (unpaired) electrons. The lowest BCUT2D eigenvalue weighted by molar-refractivity contribution is 0.145. The molecule has 0 bridgehead atoms. The number of rotatable bonds is 8. The molecule has 1 aliphatic rings. The SMILES string of the molecule is CCN(CC)CCNC(C)c1cc(F)ccc1N1CCC(O)CC1. The highest BCUT2D eigenvalue weighted by Crippen LogP contribution is 2.29. The molecule has 1 atom stereocenters. The Morgan fingerprint density at radius 2 is 1.96 bits per heavy atom. The molecular formula is C19H32FN3O. The van der Waals surface area contributed by atoms with Gasteiger partial charge >= 0.3 is 0 Å². The van der Waals surface area contributed by atoms with Crippen molar-refractivity contribution < 1.29 is 9.50 Å². The highest BCUT2D eigenvalue weighted by atomic mass is 19.1. The third-order valence-electron chi connectivity index (χ3n) is 5.03. The van der Waals surface area contributed by atoms with Crippen molar-refractivity contribution in [2.75, 3.05) is 44.2 Å². The molecule has 5 heteroatoms. The quantitative estimate of drug-likeness (QED) is 0.765. The van der Waals surface area contributed by atoms with Gasteiger partial charge in [-0.05, 0) is 56.6 Å². The molecule has 2 N–H and O–H groups in total. The van der Waals surface area contributed by atoms with Crippen LogP contribution in [-0.4, -0.2) is 55.4 Å². The first-order chi connectivity index (χ1) is 11.5. The summed E-state index contributed by atoms with van der Waals surface area (Å²) in [7, 11) is 0. The maximum atomic E-state index is 13.8. The molecule has 0 aliphatic carbocycles. The number of halogens is 1. The van der Waals surface area contributed by atoms with Gasteiger partial charge in [0.25, 0.3) is 0 Å². The van der Waals surface area contributed by atoms with Gasteiger partial charge in [-0.15, -0.1) is 0 Å². The summed E-state index contributed by atoms with van der Waals surface area (Å²) in [6.07, 6.45) is 1.36. The largest absolute Gasteiger partial charge is 0.393 e. The van der Waals surface area contributed by atoms with Crippen molar-refractivity contribution in [3.05, 3.63) is 29.6 Å². The predicted octanol–water partition coefficient (Wildman–Crippen LogP) is 2.78. The molecule has 0 saturated carbocycles. The van der Waals surface area contributed by atoms with Gasteiger partial charge in [0.05, 0.1) is 6.10 Å². The highest BCUT2D eigenvalue weighted by Gasteiger charge is 2.21. The Bertz CT molecular complexity index is 499. The molecule has 0 spiro atoms. The molecule has 1 fully saturated rings. The molecule has 1 unspecified atom stereocenters. The molecule has 1 saturated heterocycles. The van der Waals surface area contributed by atoms with E-state index in [0.29, 0.717) is 0 Å². The zero-order valence-electron chi connectivity index (χ0n) is 15.3. The van der Waals surface area contributed by atoms with Gasteiger partial charge < -0.3 is 20.2 Å². The number of nitrogens with zero attached hydrogens (tertiary/aromatic N) is 2. The van der Waals surface area contributed by atoms with Crippen LogP contribution in [0.4, 0.5) is 10.1 Å². The number of piperidine rings is 1. The second-order valence-corrected chi connectivity index (χ2v) is 6.62. The van der Waals surface area contributed by atoms with E-state index in [9.17, 15) is 9.50 Å². The number of benzene rings is 1. The van der Waals surface area contributed by atoms with Crippen molar-refractivity contribution >= 4 is 5.69 Å². The number of aliphatic hydroxyl groups is 1. The number of likely N-dealkylation sites (N-methyl/N-ethyl adjacent to an activating group) is 1. The summed E-state index contributed by atoms with van der Waals surface area (Å²) in [5.41, 5.74) is 2.09. The average Bonchev–Trinajstić information content (AvgIpc) is 2.59. The molecule has 2 rings (SSSR count). The number of anilines is 1. The van der Waals surface area contributed by atoms with Crippen molar-refractivity contribution in [2.24, 2.45) is 0 Å². The fourth-order valence-corrected chi connectivity index (χ4v) is 3.36. The Morgan fingerprint density at radius 1 is 1.29 bits per heavy atom. The van der Waals surface area contributed by atoms with E-state index in [2.05, 4.69) is 35.9 Å². The third-order valence-corrected chi connectivity index (χ3v) is 5.03. The number of hydrogen-bond donors (Lipinski definition) is 2. The molecule has 1 heterocycles. The molecule has 0 aromatic heterocycles. The van der Waals surface area contributed by atoms with Gasteiger partial charge in [0.1, 0.15) is 5.82 Å². The van der Waals surface area contributed by atoms with E-state index in [1.165, 1.54) is 6.07 Å². The molecule has 1 aliphatic heterocycles.